The van der Waals surface area contributed by atoms with Crippen molar-refractivity contribution in [2.75, 3.05) is 26.2 Å². The summed E-state index contributed by atoms with van der Waals surface area (Å²) in [6.07, 6.45) is 2.05. The lowest BCUT2D eigenvalue weighted by Crippen LogP contribution is -2.41. The lowest BCUT2D eigenvalue weighted by Gasteiger charge is -2.29. The first-order chi connectivity index (χ1) is 15.0. The van der Waals surface area contributed by atoms with E-state index in [-0.39, 0.29) is 23.9 Å². The van der Waals surface area contributed by atoms with Gasteiger partial charge in [0.15, 0.2) is 5.58 Å². The summed E-state index contributed by atoms with van der Waals surface area (Å²) in [5.74, 6) is 0.689. The third kappa shape index (κ3) is 6.18. The Hall–Kier alpha value is -2.21. The smallest absolute Gasteiger partial charge is 0.262 e. The molecule has 1 saturated heterocycles. The Morgan fingerprint density at radius 2 is 1.91 bits per heavy atom. The Balaban J connectivity index is 0.00000289. The minimum absolute atomic E-state index is 0. The fraction of sp³-hybridized carbons (Fsp3) is 0.381. The molecule has 3 aromatic rings. The van der Waals surface area contributed by atoms with Gasteiger partial charge in [0, 0.05) is 24.0 Å². The maximum atomic E-state index is 12.2. The van der Waals surface area contributed by atoms with E-state index >= 15 is 0 Å². The summed E-state index contributed by atoms with van der Waals surface area (Å²) in [5, 5.41) is 4.71. The van der Waals surface area contributed by atoms with Crippen molar-refractivity contribution in [3.05, 3.63) is 54.2 Å². The van der Waals surface area contributed by atoms with Gasteiger partial charge in [-0.15, -0.1) is 12.4 Å². The number of fused-ring (bicyclic) bond motifs is 1. The molecule has 9 nitrogen and oxygen atoms in total. The van der Waals surface area contributed by atoms with Gasteiger partial charge >= 0.3 is 0 Å². The Morgan fingerprint density at radius 3 is 2.66 bits per heavy atom. The number of ether oxygens (including phenoxy) is 1. The summed E-state index contributed by atoms with van der Waals surface area (Å²) < 4.78 is 35.6. The predicted molar refractivity (Wildman–Crippen MR) is 122 cm³/mol. The molecular weight excluding hydrogens is 456 g/mol. The fourth-order valence-corrected chi connectivity index (χ4v) is 4.28. The van der Waals surface area contributed by atoms with Crippen LogP contribution < -0.4 is 15.4 Å². The first-order valence-corrected chi connectivity index (χ1v) is 11.7. The molecule has 2 aromatic carbocycles. The van der Waals surface area contributed by atoms with Gasteiger partial charge in [0.05, 0.1) is 4.90 Å². The van der Waals surface area contributed by atoms with Crippen LogP contribution in [0, 0.1) is 0 Å². The molecule has 1 aliphatic rings. The van der Waals surface area contributed by atoms with Crippen molar-refractivity contribution in [2.24, 2.45) is 5.73 Å². The molecule has 0 aliphatic carbocycles. The number of hydrogen-bond donors (Lipinski definition) is 2. The second-order valence-corrected chi connectivity index (χ2v) is 9.15. The number of nitrogens with two attached hydrogens (primary N) is 1. The average molecular weight is 483 g/mol. The van der Waals surface area contributed by atoms with E-state index in [0.717, 1.165) is 37.9 Å². The van der Waals surface area contributed by atoms with E-state index in [1.165, 1.54) is 12.1 Å². The number of nitrogens with zero attached hydrogens (tertiary/aromatic N) is 2. The molecule has 1 fully saturated rings. The highest BCUT2D eigenvalue weighted by Gasteiger charge is 2.17. The molecule has 0 spiro atoms. The Morgan fingerprint density at radius 1 is 1.16 bits per heavy atom. The fourth-order valence-electron chi connectivity index (χ4n) is 3.46. The van der Waals surface area contributed by atoms with E-state index in [1.54, 1.807) is 24.3 Å². The van der Waals surface area contributed by atoms with E-state index in [0.29, 0.717) is 29.7 Å². The Kier molecular flexibility index (Phi) is 8.46. The van der Waals surface area contributed by atoms with Crippen LogP contribution in [0.15, 0.2) is 57.9 Å². The molecule has 174 valence electrons. The topological polar surface area (TPSA) is 120 Å². The molecule has 32 heavy (non-hydrogen) atoms. The van der Waals surface area contributed by atoms with Crippen molar-refractivity contribution >= 4 is 33.4 Å². The number of nitrogens with one attached hydrogen (secondary N) is 1. The average Bonchev–Trinajstić information content (AvgIpc) is 3.18. The number of aromatic nitrogens is 1. The van der Waals surface area contributed by atoms with Gasteiger partial charge in [-0.25, -0.2) is 8.42 Å². The number of likely N-dealkylation sites (tertiary alicyclic amines) is 1. The SMILES string of the molecule is Cl.NC1CCN(CCOc2ccc3c(CONS(=O)(=O)c4ccccc4)noc3c2)CC1. The van der Waals surface area contributed by atoms with E-state index in [2.05, 4.69) is 14.9 Å². The van der Waals surface area contributed by atoms with Gasteiger partial charge in [0.25, 0.3) is 10.0 Å². The van der Waals surface area contributed by atoms with Crippen molar-refractivity contribution in [3.8, 4) is 5.75 Å². The number of halogens is 1. The highest BCUT2D eigenvalue weighted by atomic mass is 35.5. The lowest BCUT2D eigenvalue weighted by molar-refractivity contribution is 0.0760. The van der Waals surface area contributed by atoms with Crippen molar-refractivity contribution in [1.82, 2.24) is 14.9 Å². The van der Waals surface area contributed by atoms with Crippen LogP contribution in [-0.2, 0) is 21.5 Å². The standard InChI is InChI=1S/C21H26N4O5S.ClH/c22-16-8-10-25(11-9-16)12-13-28-17-6-7-19-20(23-30-21(19)14-17)15-29-24-31(26,27)18-4-2-1-3-5-18;/h1-7,14,16,24H,8-13,15,22H2;1H. The molecule has 0 radical (unpaired) electrons. The number of piperidine rings is 1. The molecule has 0 amide bonds. The van der Waals surface area contributed by atoms with Gasteiger partial charge in [-0.3, -0.25) is 9.74 Å². The second-order valence-electron chi connectivity index (χ2n) is 7.50. The zero-order chi connectivity index (χ0) is 21.7. The molecule has 3 N–H and O–H groups in total. The van der Waals surface area contributed by atoms with Gasteiger partial charge in [-0.1, -0.05) is 28.2 Å². The number of benzene rings is 2. The Bertz CT molecular complexity index is 1100. The molecule has 1 aromatic heterocycles. The van der Waals surface area contributed by atoms with Gasteiger partial charge in [-0.2, -0.15) is 0 Å². The first kappa shape index (κ1) is 24.4. The highest BCUT2D eigenvalue weighted by molar-refractivity contribution is 7.89. The number of hydrogen-bond acceptors (Lipinski definition) is 8. The Labute approximate surface area is 193 Å². The van der Waals surface area contributed by atoms with Gasteiger partial charge < -0.3 is 15.0 Å². The van der Waals surface area contributed by atoms with Crippen LogP contribution in [0.25, 0.3) is 11.0 Å². The molecular formula is C21H27ClN4O5S. The summed E-state index contributed by atoms with van der Waals surface area (Å²) >= 11 is 0. The van der Waals surface area contributed by atoms with Crippen LogP contribution in [0.1, 0.15) is 18.5 Å². The molecule has 11 heteroatoms. The van der Waals surface area contributed by atoms with E-state index in [4.69, 9.17) is 19.8 Å². The van der Waals surface area contributed by atoms with Crippen molar-refractivity contribution in [3.63, 3.8) is 0 Å². The minimum Gasteiger partial charge on any atom is -0.492 e. The van der Waals surface area contributed by atoms with E-state index in [1.807, 2.05) is 12.1 Å². The molecule has 0 saturated carbocycles. The number of sulfonamides is 1. The van der Waals surface area contributed by atoms with E-state index < -0.39 is 10.0 Å². The first-order valence-electron chi connectivity index (χ1n) is 10.2. The van der Waals surface area contributed by atoms with Crippen molar-refractivity contribution in [1.29, 1.82) is 0 Å². The normalized spacial score (nSPS) is 15.5. The minimum atomic E-state index is -3.76. The van der Waals surface area contributed by atoms with Gasteiger partial charge in [-0.05, 0) is 50.2 Å². The summed E-state index contributed by atoms with van der Waals surface area (Å²) in [4.78, 5) is 9.74. The monoisotopic (exact) mass is 482 g/mol. The zero-order valence-corrected chi connectivity index (χ0v) is 19.1. The third-order valence-corrected chi connectivity index (χ3v) is 6.49. The quantitative estimate of drug-likeness (QED) is 0.446. The highest BCUT2D eigenvalue weighted by Crippen LogP contribution is 2.24. The summed E-state index contributed by atoms with van der Waals surface area (Å²) in [6.45, 7) is 3.36. The van der Waals surface area contributed by atoms with Crippen LogP contribution in [-0.4, -0.2) is 50.8 Å². The summed E-state index contributed by atoms with van der Waals surface area (Å²) in [5.41, 5.74) is 6.97. The lowest BCUT2D eigenvalue weighted by atomic mass is 10.1. The second kappa shape index (κ2) is 11.1. The van der Waals surface area contributed by atoms with Crippen molar-refractivity contribution in [2.45, 2.75) is 30.4 Å². The van der Waals surface area contributed by atoms with Gasteiger partial charge in [0.1, 0.15) is 24.7 Å². The van der Waals surface area contributed by atoms with E-state index in [9.17, 15) is 8.42 Å². The van der Waals surface area contributed by atoms with Crippen LogP contribution in [0.5, 0.6) is 5.75 Å². The number of rotatable bonds is 9. The van der Waals surface area contributed by atoms with Crippen LogP contribution in [0.4, 0.5) is 0 Å². The third-order valence-electron chi connectivity index (χ3n) is 5.26. The summed E-state index contributed by atoms with van der Waals surface area (Å²) in [7, 11) is -3.76. The maximum Gasteiger partial charge on any atom is 0.262 e. The molecule has 4 rings (SSSR count). The van der Waals surface area contributed by atoms with Crippen LogP contribution in [0.3, 0.4) is 0 Å². The van der Waals surface area contributed by atoms with Crippen LogP contribution in [0.2, 0.25) is 0 Å². The molecule has 0 atom stereocenters. The predicted octanol–water partition coefficient (Wildman–Crippen LogP) is 2.46. The molecule has 1 aliphatic heterocycles. The van der Waals surface area contributed by atoms with Gasteiger partial charge in [0.2, 0.25) is 0 Å². The maximum absolute atomic E-state index is 12.2. The molecule has 0 bridgehead atoms. The van der Waals surface area contributed by atoms with Crippen molar-refractivity contribution < 1.29 is 22.5 Å². The molecule has 2 heterocycles. The largest absolute Gasteiger partial charge is 0.492 e. The summed E-state index contributed by atoms with van der Waals surface area (Å²) in [6, 6.07) is 13.7. The molecule has 0 unspecified atom stereocenters. The van der Waals surface area contributed by atoms with Crippen LogP contribution >= 0.6 is 12.4 Å². The zero-order valence-electron chi connectivity index (χ0n) is 17.5.